The Labute approximate surface area is 141 Å². The zero-order chi connectivity index (χ0) is 17.1. The molecule has 0 aliphatic rings. The fourth-order valence-electron chi connectivity index (χ4n) is 2.76. The van der Waals surface area contributed by atoms with E-state index in [4.69, 9.17) is 10.5 Å². The molecule has 3 rings (SSSR count). The van der Waals surface area contributed by atoms with Crippen molar-refractivity contribution >= 4 is 5.82 Å². The Morgan fingerprint density at radius 1 is 1.00 bits per heavy atom. The first kappa shape index (κ1) is 15.6. The lowest BCUT2D eigenvalue weighted by molar-refractivity contribution is 0.416. The predicted molar refractivity (Wildman–Crippen MR) is 95.5 cm³/mol. The Balaban J connectivity index is 2.30. The molecule has 24 heavy (non-hydrogen) atoms. The summed E-state index contributed by atoms with van der Waals surface area (Å²) in [4.78, 5) is 4.43. The summed E-state index contributed by atoms with van der Waals surface area (Å²) < 4.78 is 5.44. The van der Waals surface area contributed by atoms with Crippen molar-refractivity contribution in [1.82, 2.24) is 4.98 Å². The molecular weight excluding hydrogens is 298 g/mol. The van der Waals surface area contributed by atoms with Crippen LogP contribution in [0, 0.1) is 18.3 Å². The smallest absolute Gasteiger partial charge is 0.142 e. The second-order valence-corrected chi connectivity index (χ2v) is 5.44. The zero-order valence-corrected chi connectivity index (χ0v) is 13.6. The van der Waals surface area contributed by atoms with E-state index in [0.29, 0.717) is 11.3 Å². The number of ether oxygens (including phenoxy) is 1. The standard InChI is InChI=1S/C20H17N3O/c1-13-7-3-4-8-14(13)18-11-16(17(12-21)20(22)23-18)15-9-5-6-10-19(15)24-2/h3-11H,1-2H3,(H2,22,23). The summed E-state index contributed by atoms with van der Waals surface area (Å²) in [6, 6.07) is 19.6. The summed E-state index contributed by atoms with van der Waals surface area (Å²) in [5, 5.41) is 9.53. The summed E-state index contributed by atoms with van der Waals surface area (Å²) in [5.74, 6) is 0.912. The normalized spacial score (nSPS) is 10.2. The van der Waals surface area contributed by atoms with E-state index in [9.17, 15) is 5.26 Å². The third-order valence-electron chi connectivity index (χ3n) is 3.98. The van der Waals surface area contributed by atoms with Gasteiger partial charge in [0.2, 0.25) is 0 Å². The van der Waals surface area contributed by atoms with Crippen LogP contribution >= 0.6 is 0 Å². The Hall–Kier alpha value is -3.32. The fraction of sp³-hybridized carbons (Fsp3) is 0.100. The van der Waals surface area contributed by atoms with Crippen molar-refractivity contribution in [2.75, 3.05) is 12.8 Å². The van der Waals surface area contributed by atoms with Gasteiger partial charge in [-0.1, -0.05) is 42.5 Å². The molecule has 4 nitrogen and oxygen atoms in total. The molecule has 0 atom stereocenters. The van der Waals surface area contributed by atoms with Crippen LogP contribution in [-0.2, 0) is 0 Å². The summed E-state index contributed by atoms with van der Waals surface area (Å²) in [6.45, 7) is 2.02. The molecule has 0 saturated carbocycles. The monoisotopic (exact) mass is 315 g/mol. The molecule has 0 saturated heterocycles. The lowest BCUT2D eigenvalue weighted by Gasteiger charge is -2.14. The van der Waals surface area contributed by atoms with E-state index >= 15 is 0 Å². The highest BCUT2D eigenvalue weighted by molar-refractivity contribution is 5.83. The van der Waals surface area contributed by atoms with Crippen LogP contribution in [-0.4, -0.2) is 12.1 Å². The number of aryl methyl sites for hydroxylation is 1. The minimum absolute atomic E-state index is 0.221. The highest BCUT2D eigenvalue weighted by Gasteiger charge is 2.16. The molecule has 118 valence electrons. The van der Waals surface area contributed by atoms with E-state index in [0.717, 1.165) is 27.9 Å². The maximum atomic E-state index is 9.53. The second-order valence-electron chi connectivity index (χ2n) is 5.44. The SMILES string of the molecule is COc1ccccc1-c1cc(-c2ccccc2C)nc(N)c1C#N. The van der Waals surface area contributed by atoms with Crippen LogP contribution in [0.4, 0.5) is 5.82 Å². The Kier molecular flexibility index (Phi) is 4.17. The van der Waals surface area contributed by atoms with Crippen LogP contribution in [0.15, 0.2) is 54.6 Å². The first-order valence-electron chi connectivity index (χ1n) is 7.55. The summed E-state index contributed by atoms with van der Waals surface area (Å²) >= 11 is 0. The predicted octanol–water partition coefficient (Wildman–Crippen LogP) is 4.19. The maximum absolute atomic E-state index is 9.53. The second kappa shape index (κ2) is 6.43. The Morgan fingerprint density at radius 2 is 1.67 bits per heavy atom. The van der Waals surface area contributed by atoms with Crippen molar-refractivity contribution in [2.24, 2.45) is 0 Å². The summed E-state index contributed by atoms with van der Waals surface area (Å²) in [6.07, 6.45) is 0. The van der Waals surface area contributed by atoms with Gasteiger partial charge < -0.3 is 10.5 Å². The van der Waals surface area contributed by atoms with Gasteiger partial charge in [-0.15, -0.1) is 0 Å². The van der Waals surface area contributed by atoms with Crippen LogP contribution in [0.25, 0.3) is 22.4 Å². The highest BCUT2D eigenvalue weighted by atomic mass is 16.5. The molecule has 0 spiro atoms. The summed E-state index contributed by atoms with van der Waals surface area (Å²) in [7, 11) is 1.61. The number of nitrogens with zero attached hydrogens (tertiary/aromatic N) is 2. The first-order chi connectivity index (χ1) is 11.7. The molecule has 3 aromatic rings. The number of nitriles is 1. The Bertz CT molecular complexity index is 942. The van der Waals surface area contributed by atoms with Crippen LogP contribution in [0.5, 0.6) is 5.75 Å². The molecule has 0 fully saturated rings. The van der Waals surface area contributed by atoms with Gasteiger partial charge in [-0.3, -0.25) is 0 Å². The van der Waals surface area contributed by atoms with E-state index < -0.39 is 0 Å². The number of nitrogen functional groups attached to an aromatic ring is 1. The van der Waals surface area contributed by atoms with Gasteiger partial charge >= 0.3 is 0 Å². The highest BCUT2D eigenvalue weighted by Crippen LogP contribution is 2.36. The molecule has 0 amide bonds. The van der Waals surface area contributed by atoms with Crippen molar-refractivity contribution in [1.29, 1.82) is 5.26 Å². The average Bonchev–Trinajstić information content (AvgIpc) is 2.61. The molecule has 0 aliphatic carbocycles. The van der Waals surface area contributed by atoms with Gasteiger partial charge in [0.05, 0.1) is 12.8 Å². The number of anilines is 1. The van der Waals surface area contributed by atoms with Crippen molar-refractivity contribution in [2.45, 2.75) is 6.92 Å². The number of nitrogens with two attached hydrogens (primary N) is 1. The van der Waals surface area contributed by atoms with Crippen LogP contribution in [0.3, 0.4) is 0 Å². The topological polar surface area (TPSA) is 71.9 Å². The lowest BCUT2D eigenvalue weighted by Crippen LogP contribution is -2.01. The number of hydrogen-bond donors (Lipinski definition) is 1. The van der Waals surface area contributed by atoms with Gasteiger partial charge in [-0.05, 0) is 24.6 Å². The third-order valence-corrected chi connectivity index (χ3v) is 3.98. The van der Waals surface area contributed by atoms with Crippen LogP contribution in [0.2, 0.25) is 0 Å². The van der Waals surface area contributed by atoms with Gasteiger partial charge in [-0.25, -0.2) is 4.98 Å². The molecule has 1 aromatic heterocycles. The van der Waals surface area contributed by atoms with E-state index in [-0.39, 0.29) is 5.82 Å². The molecule has 1 heterocycles. The van der Waals surface area contributed by atoms with Crippen molar-refractivity contribution in [3.63, 3.8) is 0 Å². The maximum Gasteiger partial charge on any atom is 0.142 e. The number of methoxy groups -OCH3 is 1. The molecule has 4 heteroatoms. The van der Waals surface area contributed by atoms with E-state index in [1.54, 1.807) is 7.11 Å². The average molecular weight is 315 g/mol. The number of pyridine rings is 1. The number of benzene rings is 2. The number of hydrogen-bond acceptors (Lipinski definition) is 4. The first-order valence-corrected chi connectivity index (χ1v) is 7.55. The molecule has 0 unspecified atom stereocenters. The van der Waals surface area contributed by atoms with Crippen molar-refractivity contribution < 1.29 is 4.74 Å². The largest absolute Gasteiger partial charge is 0.496 e. The molecule has 2 aromatic carbocycles. The minimum atomic E-state index is 0.221. The minimum Gasteiger partial charge on any atom is -0.496 e. The molecular formula is C20H17N3O. The van der Waals surface area contributed by atoms with E-state index in [2.05, 4.69) is 11.1 Å². The number of para-hydroxylation sites is 1. The van der Waals surface area contributed by atoms with E-state index in [1.165, 1.54) is 0 Å². The van der Waals surface area contributed by atoms with Crippen molar-refractivity contribution in [3.8, 4) is 34.2 Å². The van der Waals surface area contributed by atoms with Gasteiger partial charge in [0.1, 0.15) is 23.2 Å². The molecule has 0 aliphatic heterocycles. The van der Waals surface area contributed by atoms with Crippen molar-refractivity contribution in [3.05, 3.63) is 65.7 Å². The Morgan fingerprint density at radius 3 is 2.33 bits per heavy atom. The fourth-order valence-corrected chi connectivity index (χ4v) is 2.76. The number of rotatable bonds is 3. The number of aromatic nitrogens is 1. The van der Waals surface area contributed by atoms with Gasteiger partial charge in [0.25, 0.3) is 0 Å². The van der Waals surface area contributed by atoms with Gasteiger partial charge in [-0.2, -0.15) is 5.26 Å². The molecule has 2 N–H and O–H groups in total. The molecule has 0 bridgehead atoms. The quantitative estimate of drug-likeness (QED) is 0.786. The van der Waals surface area contributed by atoms with Gasteiger partial charge in [0.15, 0.2) is 0 Å². The molecule has 0 radical (unpaired) electrons. The van der Waals surface area contributed by atoms with Crippen LogP contribution < -0.4 is 10.5 Å². The summed E-state index contributed by atoms with van der Waals surface area (Å²) in [5.41, 5.74) is 10.8. The third kappa shape index (κ3) is 2.68. The van der Waals surface area contributed by atoms with Crippen LogP contribution in [0.1, 0.15) is 11.1 Å². The zero-order valence-electron chi connectivity index (χ0n) is 13.6. The lowest BCUT2D eigenvalue weighted by atomic mass is 9.96. The van der Waals surface area contributed by atoms with E-state index in [1.807, 2.05) is 61.5 Å². The van der Waals surface area contributed by atoms with Gasteiger partial charge in [0, 0.05) is 16.7 Å².